The number of hydrogen-bond donors (Lipinski definition) is 0. The molecule has 0 unspecified atom stereocenters. The Bertz CT molecular complexity index is 536. The quantitative estimate of drug-likeness (QED) is 0.170. The van der Waals surface area contributed by atoms with Crippen LogP contribution in [0.2, 0.25) is 0 Å². The maximum absolute atomic E-state index is 12.3. The molecule has 0 aliphatic heterocycles. The van der Waals surface area contributed by atoms with Crippen molar-refractivity contribution in [2.45, 2.75) is 13.8 Å². The van der Waals surface area contributed by atoms with Gasteiger partial charge >= 0.3 is 5.97 Å². The summed E-state index contributed by atoms with van der Waals surface area (Å²) in [6, 6.07) is 5.38. The Morgan fingerprint density at radius 3 is 2.54 bits per heavy atom. The molecule has 24 heavy (non-hydrogen) atoms. The van der Waals surface area contributed by atoms with Gasteiger partial charge in [-0.3, -0.25) is 5.01 Å². The van der Waals surface area contributed by atoms with Gasteiger partial charge in [-0.2, -0.15) is 0 Å². The number of benzene rings is 1. The first-order chi connectivity index (χ1) is 11.6. The van der Waals surface area contributed by atoms with Crippen molar-refractivity contribution >= 4 is 34.2 Å². The van der Waals surface area contributed by atoms with Crippen LogP contribution in [0.15, 0.2) is 28.5 Å². The van der Waals surface area contributed by atoms with Crippen LogP contribution in [-0.4, -0.2) is 57.6 Å². The first kappa shape index (κ1) is 20.8. The predicted molar refractivity (Wildman–Crippen MR) is 99.6 cm³/mol. The van der Waals surface area contributed by atoms with Gasteiger partial charge in [0, 0.05) is 23.8 Å². The molecule has 0 amide bonds. The van der Waals surface area contributed by atoms with Crippen molar-refractivity contribution in [2.24, 2.45) is 10.3 Å². The molecule has 0 saturated carbocycles. The van der Waals surface area contributed by atoms with E-state index in [1.54, 1.807) is 24.3 Å². The lowest BCUT2D eigenvalue weighted by Gasteiger charge is -2.12. The van der Waals surface area contributed by atoms with Gasteiger partial charge in [0.15, 0.2) is 0 Å². The van der Waals surface area contributed by atoms with Gasteiger partial charge in [-0.25, -0.2) is 4.79 Å². The number of rotatable bonds is 11. The van der Waals surface area contributed by atoms with Crippen LogP contribution in [0.4, 0.5) is 5.69 Å². The molecule has 1 aromatic carbocycles. The van der Waals surface area contributed by atoms with Crippen LogP contribution in [0.25, 0.3) is 0 Å². The summed E-state index contributed by atoms with van der Waals surface area (Å²) in [6.45, 7) is 6.99. The second kappa shape index (κ2) is 12.2. The van der Waals surface area contributed by atoms with E-state index in [0.29, 0.717) is 31.1 Å². The largest absolute Gasteiger partial charge is 0.460 e. The molecule has 0 atom stereocenters. The van der Waals surface area contributed by atoms with Gasteiger partial charge in [0.2, 0.25) is 0 Å². The van der Waals surface area contributed by atoms with E-state index >= 15 is 0 Å². The van der Waals surface area contributed by atoms with E-state index in [1.807, 2.05) is 19.9 Å². The topological polar surface area (TPSA) is 72.7 Å². The van der Waals surface area contributed by atoms with Gasteiger partial charge < -0.3 is 14.2 Å². The molecule has 134 valence electrons. The van der Waals surface area contributed by atoms with Crippen molar-refractivity contribution in [3.8, 4) is 0 Å². The highest BCUT2D eigenvalue weighted by molar-refractivity contribution is 14.1. The van der Waals surface area contributed by atoms with E-state index in [9.17, 15) is 4.79 Å². The minimum absolute atomic E-state index is 0.181. The third kappa shape index (κ3) is 7.54. The molecule has 1 rings (SSSR count). The lowest BCUT2D eigenvalue weighted by atomic mass is 10.2. The van der Waals surface area contributed by atoms with E-state index in [1.165, 1.54) is 0 Å². The third-order valence-corrected chi connectivity index (χ3v) is 3.75. The van der Waals surface area contributed by atoms with Crippen LogP contribution >= 0.6 is 22.6 Å². The predicted octanol–water partition coefficient (Wildman–Crippen LogP) is 3.45. The van der Waals surface area contributed by atoms with Gasteiger partial charge in [0.1, 0.15) is 12.3 Å². The van der Waals surface area contributed by atoms with E-state index in [0.717, 1.165) is 16.7 Å². The molecule has 0 aromatic heterocycles. The summed E-state index contributed by atoms with van der Waals surface area (Å²) in [4.78, 5) is 12.3. The summed E-state index contributed by atoms with van der Waals surface area (Å²) in [5.41, 5.74) is 0.891. The maximum atomic E-state index is 12.3. The van der Waals surface area contributed by atoms with Crippen molar-refractivity contribution in [2.75, 3.05) is 46.6 Å². The molecule has 1 aromatic rings. The average molecular weight is 449 g/mol. The molecule has 0 bridgehead atoms. The summed E-state index contributed by atoms with van der Waals surface area (Å²) in [6.07, 6.45) is 0. The van der Waals surface area contributed by atoms with Gasteiger partial charge in [0.05, 0.1) is 25.4 Å². The Balaban J connectivity index is 2.67. The zero-order valence-electron chi connectivity index (χ0n) is 14.3. The second-order valence-corrected chi connectivity index (χ2v) is 5.98. The molecule has 0 aliphatic carbocycles. The standard InChI is InChI=1S/C16H24IN3O4/c1-4-20(5-2)19-18-15-7-6-13(17)12-14(15)16(21)24-11-10-23-9-8-22-3/h6-7,12H,4-5,8-11H2,1-3H3. The number of halogens is 1. The number of carbonyl (C=O) groups is 1. The van der Waals surface area contributed by atoms with Gasteiger partial charge in [-0.05, 0) is 54.6 Å². The van der Waals surface area contributed by atoms with E-state index < -0.39 is 5.97 Å². The van der Waals surface area contributed by atoms with Crippen LogP contribution in [0.3, 0.4) is 0 Å². The zero-order valence-corrected chi connectivity index (χ0v) is 16.5. The van der Waals surface area contributed by atoms with Crippen LogP contribution < -0.4 is 0 Å². The zero-order chi connectivity index (χ0) is 17.8. The highest BCUT2D eigenvalue weighted by atomic mass is 127. The minimum atomic E-state index is -0.433. The molecule has 7 nitrogen and oxygen atoms in total. The molecule has 8 heteroatoms. The Labute approximate surface area is 156 Å². The van der Waals surface area contributed by atoms with Gasteiger partial charge in [-0.15, -0.1) is 5.11 Å². The van der Waals surface area contributed by atoms with Crippen LogP contribution in [-0.2, 0) is 14.2 Å². The van der Waals surface area contributed by atoms with E-state index in [-0.39, 0.29) is 6.61 Å². The lowest BCUT2D eigenvalue weighted by Crippen LogP contribution is -2.15. The number of carbonyl (C=O) groups excluding carboxylic acids is 1. The van der Waals surface area contributed by atoms with Crippen molar-refractivity contribution in [3.05, 3.63) is 27.3 Å². The van der Waals surface area contributed by atoms with Crippen LogP contribution in [0.1, 0.15) is 24.2 Å². The number of ether oxygens (including phenoxy) is 3. The molecule has 0 N–H and O–H groups in total. The molecular weight excluding hydrogens is 425 g/mol. The van der Waals surface area contributed by atoms with E-state index in [2.05, 4.69) is 32.9 Å². The fourth-order valence-electron chi connectivity index (χ4n) is 1.74. The first-order valence-corrected chi connectivity index (χ1v) is 8.90. The molecule has 0 heterocycles. The Morgan fingerprint density at radius 2 is 1.88 bits per heavy atom. The number of nitrogens with zero attached hydrogens (tertiary/aromatic N) is 3. The summed E-state index contributed by atoms with van der Waals surface area (Å²) in [5, 5.41) is 10.1. The Hall–Kier alpha value is -1.26. The highest BCUT2D eigenvalue weighted by Crippen LogP contribution is 2.23. The molecule has 0 radical (unpaired) electrons. The maximum Gasteiger partial charge on any atom is 0.340 e. The fraction of sp³-hybridized carbons (Fsp3) is 0.562. The molecule has 0 fully saturated rings. The van der Waals surface area contributed by atoms with Crippen LogP contribution in [0.5, 0.6) is 0 Å². The number of hydrogen-bond acceptors (Lipinski definition) is 6. The average Bonchev–Trinajstić information content (AvgIpc) is 2.59. The SMILES string of the molecule is CCN(CC)N=Nc1ccc(I)cc1C(=O)OCCOCCOC. The third-order valence-electron chi connectivity index (χ3n) is 3.08. The first-order valence-electron chi connectivity index (χ1n) is 7.82. The fourth-order valence-corrected chi connectivity index (χ4v) is 2.23. The minimum Gasteiger partial charge on any atom is -0.460 e. The Kier molecular flexibility index (Phi) is 10.5. The van der Waals surface area contributed by atoms with Gasteiger partial charge in [0.25, 0.3) is 0 Å². The molecule has 0 aliphatic rings. The normalized spacial score (nSPS) is 11.0. The van der Waals surface area contributed by atoms with Crippen molar-refractivity contribution in [3.63, 3.8) is 0 Å². The molecule has 0 saturated heterocycles. The lowest BCUT2D eigenvalue weighted by molar-refractivity contribution is 0.0214. The number of esters is 1. The van der Waals surface area contributed by atoms with Crippen molar-refractivity contribution in [1.29, 1.82) is 0 Å². The summed E-state index contributed by atoms with van der Waals surface area (Å²) < 4.78 is 16.3. The number of methoxy groups -OCH3 is 1. The second-order valence-electron chi connectivity index (χ2n) is 4.73. The van der Waals surface area contributed by atoms with E-state index in [4.69, 9.17) is 14.2 Å². The monoisotopic (exact) mass is 449 g/mol. The highest BCUT2D eigenvalue weighted by Gasteiger charge is 2.14. The van der Waals surface area contributed by atoms with Crippen molar-refractivity contribution in [1.82, 2.24) is 5.01 Å². The summed E-state index contributed by atoms with van der Waals surface area (Å²) in [5.74, 6) is -0.433. The smallest absolute Gasteiger partial charge is 0.340 e. The summed E-state index contributed by atoms with van der Waals surface area (Å²) in [7, 11) is 1.61. The van der Waals surface area contributed by atoms with Crippen LogP contribution in [0, 0.1) is 3.57 Å². The molecule has 0 spiro atoms. The van der Waals surface area contributed by atoms with Crippen molar-refractivity contribution < 1.29 is 19.0 Å². The Morgan fingerprint density at radius 1 is 1.17 bits per heavy atom. The summed E-state index contributed by atoms with van der Waals surface area (Å²) >= 11 is 2.14. The van der Waals surface area contributed by atoms with Gasteiger partial charge in [-0.1, -0.05) is 5.22 Å². The molecular formula is C16H24IN3O4.